The van der Waals surface area contributed by atoms with E-state index in [-0.39, 0.29) is 11.7 Å². The highest BCUT2D eigenvalue weighted by atomic mass is 79.9. The fourth-order valence-electron chi connectivity index (χ4n) is 2.05. The van der Waals surface area contributed by atoms with Crippen molar-refractivity contribution in [3.8, 4) is 0 Å². The van der Waals surface area contributed by atoms with Crippen molar-refractivity contribution >= 4 is 33.3 Å². The van der Waals surface area contributed by atoms with E-state index in [4.69, 9.17) is 11.6 Å². The zero-order chi connectivity index (χ0) is 13.8. The predicted octanol–water partition coefficient (Wildman–Crippen LogP) is 5.02. The molecular formula is C16H14BrClO. The van der Waals surface area contributed by atoms with Crippen LogP contribution in [0.2, 0.25) is 5.02 Å². The molecule has 19 heavy (non-hydrogen) atoms. The third kappa shape index (κ3) is 3.92. The lowest BCUT2D eigenvalue weighted by molar-refractivity contribution is -0.118. The highest BCUT2D eigenvalue weighted by Crippen LogP contribution is 2.24. The molecule has 1 nitrogen and oxygen atoms in total. The molecule has 0 N–H and O–H groups in total. The first-order valence-electron chi connectivity index (χ1n) is 6.06. The SMILES string of the molecule is CC(=O)[C@H](Cc1ccc(Cl)cc1)c1ccc(Br)cc1. The van der Waals surface area contributed by atoms with Crippen molar-refractivity contribution in [3.05, 3.63) is 69.2 Å². The van der Waals surface area contributed by atoms with Crippen molar-refractivity contribution in [2.75, 3.05) is 0 Å². The molecule has 0 spiro atoms. The maximum Gasteiger partial charge on any atom is 0.137 e. The quantitative estimate of drug-likeness (QED) is 0.766. The van der Waals surface area contributed by atoms with E-state index < -0.39 is 0 Å². The van der Waals surface area contributed by atoms with Crippen LogP contribution in [0.4, 0.5) is 0 Å². The van der Waals surface area contributed by atoms with Gasteiger partial charge in [-0.25, -0.2) is 0 Å². The predicted molar refractivity (Wildman–Crippen MR) is 82.7 cm³/mol. The van der Waals surface area contributed by atoms with Gasteiger partial charge < -0.3 is 0 Å². The molecule has 2 rings (SSSR count). The van der Waals surface area contributed by atoms with Crippen molar-refractivity contribution in [2.24, 2.45) is 0 Å². The highest BCUT2D eigenvalue weighted by molar-refractivity contribution is 9.10. The third-order valence-corrected chi connectivity index (χ3v) is 3.90. The van der Waals surface area contributed by atoms with Crippen molar-refractivity contribution in [3.63, 3.8) is 0 Å². The minimum Gasteiger partial charge on any atom is -0.299 e. The third-order valence-electron chi connectivity index (χ3n) is 3.12. The lowest BCUT2D eigenvalue weighted by Gasteiger charge is -2.14. The number of hydrogen-bond donors (Lipinski definition) is 0. The van der Waals surface area contributed by atoms with E-state index in [1.165, 1.54) is 0 Å². The van der Waals surface area contributed by atoms with Crippen LogP contribution in [0.25, 0.3) is 0 Å². The molecule has 0 bridgehead atoms. The Labute approximate surface area is 126 Å². The second-order valence-corrected chi connectivity index (χ2v) is 5.90. The van der Waals surface area contributed by atoms with Gasteiger partial charge in [-0.1, -0.05) is 51.8 Å². The molecule has 1 atom stereocenters. The Bertz CT molecular complexity index is 560. The lowest BCUT2D eigenvalue weighted by Crippen LogP contribution is -2.12. The number of benzene rings is 2. The van der Waals surface area contributed by atoms with Crippen LogP contribution < -0.4 is 0 Å². The van der Waals surface area contributed by atoms with Crippen LogP contribution in [0.15, 0.2) is 53.0 Å². The Morgan fingerprint density at radius 1 is 1.11 bits per heavy atom. The molecule has 2 aromatic carbocycles. The van der Waals surface area contributed by atoms with E-state index in [1.54, 1.807) is 6.92 Å². The summed E-state index contributed by atoms with van der Waals surface area (Å²) in [5, 5.41) is 0.715. The van der Waals surface area contributed by atoms with Gasteiger partial charge in [0.2, 0.25) is 0 Å². The van der Waals surface area contributed by atoms with Crippen LogP contribution in [-0.2, 0) is 11.2 Å². The zero-order valence-corrected chi connectivity index (χ0v) is 12.9. The summed E-state index contributed by atoms with van der Waals surface area (Å²) in [4.78, 5) is 11.9. The molecule has 0 radical (unpaired) electrons. The molecule has 0 aliphatic rings. The molecule has 0 aromatic heterocycles. The first-order chi connectivity index (χ1) is 9.06. The summed E-state index contributed by atoms with van der Waals surface area (Å²) in [6.07, 6.45) is 0.703. The van der Waals surface area contributed by atoms with Gasteiger partial charge in [0.1, 0.15) is 5.78 Å². The van der Waals surface area contributed by atoms with Gasteiger partial charge in [-0.15, -0.1) is 0 Å². The van der Waals surface area contributed by atoms with Crippen LogP contribution in [0.1, 0.15) is 24.0 Å². The molecule has 0 saturated heterocycles. The Kier molecular flexibility index (Phi) is 4.78. The molecule has 0 unspecified atom stereocenters. The van der Waals surface area contributed by atoms with Crippen molar-refractivity contribution < 1.29 is 4.79 Å². The zero-order valence-electron chi connectivity index (χ0n) is 10.6. The second kappa shape index (κ2) is 6.36. The normalized spacial score (nSPS) is 12.2. The average Bonchev–Trinajstić information content (AvgIpc) is 2.39. The molecule has 0 aliphatic carbocycles. The van der Waals surface area contributed by atoms with Crippen LogP contribution in [-0.4, -0.2) is 5.78 Å². The van der Waals surface area contributed by atoms with Crippen LogP contribution in [0.3, 0.4) is 0 Å². The second-order valence-electron chi connectivity index (χ2n) is 4.55. The molecule has 0 amide bonds. The minimum absolute atomic E-state index is 0.103. The van der Waals surface area contributed by atoms with Crippen LogP contribution >= 0.6 is 27.5 Å². The van der Waals surface area contributed by atoms with Crippen LogP contribution in [0.5, 0.6) is 0 Å². The topological polar surface area (TPSA) is 17.1 Å². The standard InChI is InChI=1S/C16H14BrClO/c1-11(19)16(13-4-6-14(17)7-5-13)10-12-2-8-15(18)9-3-12/h2-9,16H,10H2,1H3/t16-/m0/s1. The summed E-state index contributed by atoms with van der Waals surface area (Å²) in [6.45, 7) is 1.64. The molecule has 0 saturated carbocycles. The lowest BCUT2D eigenvalue weighted by atomic mass is 9.89. The van der Waals surface area contributed by atoms with E-state index in [2.05, 4.69) is 15.9 Å². The summed E-state index contributed by atoms with van der Waals surface area (Å²) in [6, 6.07) is 15.6. The van der Waals surface area contributed by atoms with Gasteiger partial charge in [0.15, 0.2) is 0 Å². The molecule has 3 heteroatoms. The molecule has 98 valence electrons. The minimum atomic E-state index is -0.103. The molecular weight excluding hydrogens is 324 g/mol. The number of halogens is 2. The summed E-state index contributed by atoms with van der Waals surface area (Å²) in [5.41, 5.74) is 2.16. The number of Topliss-reactive ketones (excluding diaryl/α,β-unsaturated/α-hetero) is 1. The molecule has 0 aliphatic heterocycles. The Morgan fingerprint density at radius 3 is 2.21 bits per heavy atom. The van der Waals surface area contributed by atoms with E-state index in [0.29, 0.717) is 11.4 Å². The first kappa shape index (κ1) is 14.3. The summed E-state index contributed by atoms with van der Waals surface area (Å²) >= 11 is 9.28. The van der Waals surface area contributed by atoms with Gasteiger partial charge in [-0.2, -0.15) is 0 Å². The summed E-state index contributed by atoms with van der Waals surface area (Å²) < 4.78 is 1.02. The van der Waals surface area contributed by atoms with E-state index >= 15 is 0 Å². The van der Waals surface area contributed by atoms with Crippen molar-refractivity contribution in [1.29, 1.82) is 0 Å². The highest BCUT2D eigenvalue weighted by Gasteiger charge is 2.17. The monoisotopic (exact) mass is 336 g/mol. The number of ketones is 1. The van der Waals surface area contributed by atoms with Gasteiger partial charge in [-0.3, -0.25) is 4.79 Å². The van der Waals surface area contributed by atoms with Crippen LogP contribution in [0, 0.1) is 0 Å². The van der Waals surface area contributed by atoms with Gasteiger partial charge in [-0.05, 0) is 48.7 Å². The number of rotatable bonds is 4. The van der Waals surface area contributed by atoms with Crippen molar-refractivity contribution in [1.82, 2.24) is 0 Å². The maximum atomic E-state index is 11.9. The number of carbonyl (C=O) groups is 1. The van der Waals surface area contributed by atoms with Crippen molar-refractivity contribution in [2.45, 2.75) is 19.3 Å². The fraction of sp³-hybridized carbons (Fsp3) is 0.188. The molecule has 0 fully saturated rings. The summed E-state index contributed by atoms with van der Waals surface area (Å²) in [7, 11) is 0. The molecule has 2 aromatic rings. The first-order valence-corrected chi connectivity index (χ1v) is 7.23. The largest absolute Gasteiger partial charge is 0.299 e. The summed E-state index contributed by atoms with van der Waals surface area (Å²) in [5.74, 6) is 0.0755. The van der Waals surface area contributed by atoms with E-state index in [0.717, 1.165) is 15.6 Å². The smallest absolute Gasteiger partial charge is 0.137 e. The fourth-order valence-corrected chi connectivity index (χ4v) is 2.44. The Balaban J connectivity index is 2.23. The van der Waals surface area contributed by atoms with E-state index in [1.807, 2.05) is 48.5 Å². The van der Waals surface area contributed by atoms with E-state index in [9.17, 15) is 4.79 Å². The number of hydrogen-bond acceptors (Lipinski definition) is 1. The van der Waals surface area contributed by atoms with Gasteiger partial charge in [0.05, 0.1) is 0 Å². The average molecular weight is 338 g/mol. The molecule has 0 heterocycles. The van der Waals surface area contributed by atoms with Gasteiger partial charge in [0, 0.05) is 15.4 Å². The Morgan fingerprint density at radius 2 is 1.68 bits per heavy atom. The number of carbonyl (C=O) groups excluding carboxylic acids is 1. The maximum absolute atomic E-state index is 11.9. The van der Waals surface area contributed by atoms with Gasteiger partial charge in [0.25, 0.3) is 0 Å². The Hall–Kier alpha value is -1.12. The van der Waals surface area contributed by atoms with Gasteiger partial charge >= 0.3 is 0 Å².